The lowest BCUT2D eigenvalue weighted by atomic mass is 10.1. The number of carbonyl (C=O) groups excluding carboxylic acids is 1. The molecule has 1 heterocycles. The number of carbonyl (C=O) groups is 1. The Balaban J connectivity index is 1.43. The zero-order valence-electron chi connectivity index (χ0n) is 19.3. The summed E-state index contributed by atoms with van der Waals surface area (Å²) in [6.07, 6.45) is 1.31. The topological polar surface area (TPSA) is 79.6 Å². The first-order valence-electron chi connectivity index (χ1n) is 11.2. The van der Waals surface area contributed by atoms with Crippen LogP contribution in [0.15, 0.2) is 111 Å². The molecule has 1 amide bonds. The van der Waals surface area contributed by atoms with Crippen LogP contribution in [0.1, 0.15) is 21.7 Å². The molecule has 4 rings (SSSR count). The normalized spacial score (nSPS) is 11.5. The number of nitrogens with one attached hydrogen (secondary N) is 1. The molecule has 6 nitrogen and oxygen atoms in total. The monoisotopic (exact) mass is 540 g/mol. The highest BCUT2D eigenvalue weighted by atomic mass is 35.5. The van der Waals surface area contributed by atoms with E-state index in [2.05, 4.69) is 17.0 Å². The van der Waals surface area contributed by atoms with Crippen LogP contribution in [0.25, 0.3) is 0 Å². The summed E-state index contributed by atoms with van der Waals surface area (Å²) in [5.74, 6) is 0.00408. The second-order valence-corrected chi connectivity index (χ2v) is 11.3. The Morgan fingerprint density at radius 3 is 2.31 bits per heavy atom. The molecule has 0 saturated carbocycles. The highest BCUT2D eigenvalue weighted by Gasteiger charge is 2.20. The average Bonchev–Trinajstić information content (AvgIpc) is 3.42. The van der Waals surface area contributed by atoms with Gasteiger partial charge in [-0.05, 0) is 53.6 Å². The van der Waals surface area contributed by atoms with E-state index < -0.39 is 15.9 Å². The van der Waals surface area contributed by atoms with E-state index in [9.17, 15) is 13.2 Å². The van der Waals surface area contributed by atoms with Crippen molar-refractivity contribution in [3.8, 4) is 0 Å². The summed E-state index contributed by atoms with van der Waals surface area (Å²) in [6, 6.07) is 27.4. The molecule has 3 aromatic carbocycles. The van der Waals surface area contributed by atoms with Crippen LogP contribution in [0, 0.1) is 0 Å². The summed E-state index contributed by atoms with van der Waals surface area (Å²) < 4.78 is 32.2. The Morgan fingerprint density at radius 1 is 0.889 bits per heavy atom. The minimum absolute atomic E-state index is 0.00319. The average molecular weight is 541 g/mol. The summed E-state index contributed by atoms with van der Waals surface area (Å²) in [6.45, 7) is 2.08. The molecule has 0 aliphatic carbocycles. The van der Waals surface area contributed by atoms with Crippen molar-refractivity contribution in [2.45, 2.75) is 22.9 Å². The van der Waals surface area contributed by atoms with Crippen LogP contribution in [-0.2, 0) is 23.1 Å². The van der Waals surface area contributed by atoms with Gasteiger partial charge in [-0.15, -0.1) is 11.8 Å². The van der Waals surface area contributed by atoms with Crippen LogP contribution in [-0.4, -0.2) is 31.5 Å². The summed E-state index contributed by atoms with van der Waals surface area (Å²) in [5.41, 5.74) is 1.98. The van der Waals surface area contributed by atoms with Crippen LogP contribution < -0.4 is 4.72 Å². The Morgan fingerprint density at radius 2 is 1.61 bits per heavy atom. The Kier molecular flexibility index (Phi) is 8.88. The molecule has 0 unspecified atom stereocenters. The third kappa shape index (κ3) is 7.24. The predicted molar refractivity (Wildman–Crippen MR) is 143 cm³/mol. The SMILES string of the molecule is O=C(NS(=O)(=O)c1ccc(CN(CCSc2ccccc2)Cc2ccccc2Cl)cc1)c1ccco1. The molecular formula is C27H25ClN2O4S2. The van der Waals surface area contributed by atoms with Crippen molar-refractivity contribution in [1.82, 2.24) is 9.62 Å². The fourth-order valence-corrected chi connectivity index (χ4v) is 5.65. The second-order valence-electron chi connectivity index (χ2n) is 8.02. The molecule has 1 aromatic heterocycles. The fraction of sp³-hybridized carbons (Fsp3) is 0.148. The molecule has 0 spiro atoms. The maximum absolute atomic E-state index is 12.6. The smallest absolute Gasteiger partial charge is 0.300 e. The number of furan rings is 1. The molecule has 186 valence electrons. The van der Waals surface area contributed by atoms with Crippen LogP contribution >= 0.6 is 23.4 Å². The molecule has 0 atom stereocenters. The lowest BCUT2D eigenvalue weighted by Crippen LogP contribution is -2.30. The number of thioether (sulfide) groups is 1. The van der Waals surface area contributed by atoms with E-state index in [1.54, 1.807) is 23.9 Å². The molecule has 0 fully saturated rings. The molecule has 9 heteroatoms. The number of sulfonamides is 1. The van der Waals surface area contributed by atoms with Crippen molar-refractivity contribution in [1.29, 1.82) is 0 Å². The number of hydrogen-bond donors (Lipinski definition) is 1. The maximum Gasteiger partial charge on any atom is 0.300 e. The van der Waals surface area contributed by atoms with Gasteiger partial charge in [-0.25, -0.2) is 13.1 Å². The number of amides is 1. The van der Waals surface area contributed by atoms with Crippen LogP contribution in [0.5, 0.6) is 0 Å². The van der Waals surface area contributed by atoms with Gasteiger partial charge in [0, 0.05) is 35.3 Å². The molecular weight excluding hydrogens is 516 g/mol. The van der Waals surface area contributed by atoms with Crippen molar-refractivity contribution < 1.29 is 17.6 Å². The minimum atomic E-state index is -4.02. The summed E-state index contributed by atoms with van der Waals surface area (Å²) in [5, 5.41) is 0.715. The van der Waals surface area contributed by atoms with Gasteiger partial charge >= 0.3 is 5.91 Å². The minimum Gasteiger partial charge on any atom is -0.459 e. The van der Waals surface area contributed by atoms with E-state index in [0.717, 1.165) is 23.4 Å². The zero-order chi connectivity index (χ0) is 25.4. The number of benzene rings is 3. The largest absolute Gasteiger partial charge is 0.459 e. The van der Waals surface area contributed by atoms with Crippen molar-refractivity contribution in [3.63, 3.8) is 0 Å². The van der Waals surface area contributed by atoms with E-state index in [0.29, 0.717) is 18.1 Å². The van der Waals surface area contributed by atoms with Gasteiger partial charge in [0.2, 0.25) is 0 Å². The van der Waals surface area contributed by atoms with Crippen LogP contribution in [0.2, 0.25) is 5.02 Å². The number of halogens is 1. The van der Waals surface area contributed by atoms with Gasteiger partial charge in [0.25, 0.3) is 10.0 Å². The summed E-state index contributed by atoms with van der Waals surface area (Å²) in [7, 11) is -4.02. The van der Waals surface area contributed by atoms with Crippen LogP contribution in [0.4, 0.5) is 0 Å². The third-order valence-electron chi connectivity index (χ3n) is 5.38. The highest BCUT2D eigenvalue weighted by Crippen LogP contribution is 2.22. The Hall–Kier alpha value is -3.04. The van der Waals surface area contributed by atoms with Gasteiger partial charge in [-0.2, -0.15) is 0 Å². The molecule has 0 aliphatic heterocycles. The second kappa shape index (κ2) is 12.3. The van der Waals surface area contributed by atoms with E-state index in [1.807, 2.05) is 47.2 Å². The first-order valence-corrected chi connectivity index (χ1v) is 14.1. The van der Waals surface area contributed by atoms with E-state index >= 15 is 0 Å². The first-order chi connectivity index (χ1) is 17.4. The van der Waals surface area contributed by atoms with Crippen molar-refractivity contribution >= 4 is 39.3 Å². The molecule has 4 aromatic rings. The standard InChI is InChI=1S/C27H25ClN2O4S2/c28-25-10-5-4-7-22(25)20-30(16-18-35-23-8-2-1-3-9-23)19-21-12-14-24(15-13-21)36(32,33)29-27(31)26-11-6-17-34-26/h1-15,17H,16,18-20H2,(H,29,31). The molecule has 0 bridgehead atoms. The number of nitrogens with zero attached hydrogens (tertiary/aromatic N) is 1. The molecule has 0 radical (unpaired) electrons. The van der Waals surface area contributed by atoms with E-state index in [-0.39, 0.29) is 10.7 Å². The fourth-order valence-electron chi connectivity index (χ4n) is 3.56. The van der Waals surface area contributed by atoms with Crippen molar-refractivity contribution in [3.05, 3.63) is 119 Å². The summed E-state index contributed by atoms with van der Waals surface area (Å²) >= 11 is 8.19. The van der Waals surface area contributed by atoms with Gasteiger partial charge < -0.3 is 4.42 Å². The zero-order valence-corrected chi connectivity index (χ0v) is 21.7. The predicted octanol–water partition coefficient (Wildman–Crippen LogP) is 5.85. The maximum atomic E-state index is 12.6. The lowest BCUT2D eigenvalue weighted by Gasteiger charge is -2.23. The van der Waals surface area contributed by atoms with Gasteiger partial charge in [0.15, 0.2) is 5.76 Å². The molecule has 1 N–H and O–H groups in total. The van der Waals surface area contributed by atoms with Crippen molar-refractivity contribution in [2.24, 2.45) is 0 Å². The molecule has 36 heavy (non-hydrogen) atoms. The van der Waals surface area contributed by atoms with E-state index in [1.165, 1.54) is 35.4 Å². The first kappa shape index (κ1) is 26.0. The van der Waals surface area contributed by atoms with Gasteiger partial charge in [0.05, 0.1) is 11.2 Å². The lowest BCUT2D eigenvalue weighted by molar-refractivity contribution is 0.0954. The third-order valence-corrected chi connectivity index (χ3v) is 8.09. The Bertz CT molecular complexity index is 1380. The van der Waals surface area contributed by atoms with Gasteiger partial charge in [0.1, 0.15) is 0 Å². The molecule has 0 aliphatic rings. The Labute approximate surface area is 220 Å². The molecule has 0 saturated heterocycles. The van der Waals surface area contributed by atoms with E-state index in [4.69, 9.17) is 16.0 Å². The summed E-state index contributed by atoms with van der Waals surface area (Å²) in [4.78, 5) is 15.6. The van der Waals surface area contributed by atoms with Gasteiger partial charge in [-0.3, -0.25) is 9.69 Å². The highest BCUT2D eigenvalue weighted by molar-refractivity contribution is 7.99. The number of hydrogen-bond acceptors (Lipinski definition) is 6. The van der Waals surface area contributed by atoms with Crippen molar-refractivity contribution in [2.75, 3.05) is 12.3 Å². The van der Waals surface area contributed by atoms with Gasteiger partial charge in [-0.1, -0.05) is 60.1 Å². The van der Waals surface area contributed by atoms with Crippen LogP contribution in [0.3, 0.4) is 0 Å². The quantitative estimate of drug-likeness (QED) is 0.240. The number of rotatable bonds is 11.